The Morgan fingerprint density at radius 3 is 1.82 bits per heavy atom. The molecule has 0 bridgehead atoms. The first-order valence-electron chi connectivity index (χ1n) is 2.17. The van der Waals surface area contributed by atoms with Crippen molar-refractivity contribution in [1.82, 2.24) is 5.43 Å². The van der Waals surface area contributed by atoms with Crippen molar-refractivity contribution >= 4 is 24.3 Å². The molecule has 68 valence electrons. The van der Waals surface area contributed by atoms with Gasteiger partial charge in [0, 0.05) is 0 Å². The molecule has 11 heavy (non-hydrogen) atoms. The van der Waals surface area contributed by atoms with Crippen molar-refractivity contribution < 1.29 is 15.0 Å². The molecule has 0 aliphatic heterocycles. The summed E-state index contributed by atoms with van der Waals surface area (Å²) in [6.07, 6.45) is 0. The predicted octanol–water partition coefficient (Wildman–Crippen LogP) is -2.17. The molecule has 0 radical (unpaired) electrons. The molecular weight excluding hydrogens is 176 g/mol. The molecule has 0 aromatic carbocycles. The quantitative estimate of drug-likeness (QED) is 0.119. The van der Waals surface area contributed by atoms with Gasteiger partial charge in [0.25, 0.3) is 0 Å². The van der Waals surface area contributed by atoms with Gasteiger partial charge in [-0.05, 0) is 0 Å². The van der Waals surface area contributed by atoms with E-state index in [4.69, 9.17) is 20.4 Å². The highest BCUT2D eigenvalue weighted by molar-refractivity contribution is 5.85. The fourth-order valence-corrected chi connectivity index (χ4v) is 0. The van der Waals surface area contributed by atoms with Crippen LogP contribution in [0.5, 0.6) is 0 Å². The maximum atomic E-state index is 9.12. The van der Waals surface area contributed by atoms with Gasteiger partial charge < -0.3 is 15.9 Å². The minimum Gasteiger partial charge on any atom is -0.480 e. The molecule has 7 nitrogen and oxygen atoms in total. The Kier molecular flexibility index (Phi) is 17.6. The van der Waals surface area contributed by atoms with Gasteiger partial charge in [-0.1, -0.05) is 0 Å². The van der Waals surface area contributed by atoms with Crippen LogP contribution in [0.4, 0.5) is 0 Å². The zero-order valence-electron chi connectivity index (χ0n) is 5.57. The Morgan fingerprint density at radius 1 is 1.64 bits per heavy atom. The molecule has 0 aromatic rings. The van der Waals surface area contributed by atoms with E-state index in [9.17, 15) is 0 Å². The summed E-state index contributed by atoms with van der Waals surface area (Å²) in [6.45, 7) is -0.778. The van der Waals surface area contributed by atoms with Crippen LogP contribution in [0.3, 0.4) is 0 Å². The molecule has 0 heterocycles. The SMILES string of the molecule is Cl.N=C(N)NN.O=C(O)CO. The number of rotatable bonds is 1. The number of guanidine groups is 1. The Labute approximate surface area is 69.3 Å². The van der Waals surface area contributed by atoms with E-state index in [2.05, 4.69) is 11.6 Å². The summed E-state index contributed by atoms with van der Waals surface area (Å²) in [5.74, 6) is 3.16. The number of nitrogens with two attached hydrogens (primary N) is 2. The zero-order valence-corrected chi connectivity index (χ0v) is 6.39. The molecular formula is C3H11ClN4O3. The molecule has 0 unspecified atom stereocenters. The van der Waals surface area contributed by atoms with Crippen LogP contribution in [-0.2, 0) is 4.79 Å². The van der Waals surface area contributed by atoms with Gasteiger partial charge in [0.05, 0.1) is 0 Å². The molecule has 0 saturated heterocycles. The van der Waals surface area contributed by atoms with Crippen LogP contribution in [0, 0.1) is 5.41 Å². The third-order valence-electron chi connectivity index (χ3n) is 0.291. The molecule has 8 N–H and O–H groups in total. The average Bonchev–Trinajstić information content (AvgIpc) is 1.89. The van der Waals surface area contributed by atoms with E-state index in [-0.39, 0.29) is 18.4 Å². The van der Waals surface area contributed by atoms with Crippen molar-refractivity contribution in [3.05, 3.63) is 0 Å². The molecule has 0 atom stereocenters. The van der Waals surface area contributed by atoms with Crippen molar-refractivity contribution in [3.63, 3.8) is 0 Å². The highest BCUT2D eigenvalue weighted by Gasteiger charge is 1.82. The normalized spacial score (nSPS) is 6.36. The van der Waals surface area contributed by atoms with E-state index in [0.717, 1.165) is 0 Å². The molecule has 0 aliphatic carbocycles. The van der Waals surface area contributed by atoms with Gasteiger partial charge in [0.15, 0.2) is 5.96 Å². The van der Waals surface area contributed by atoms with Crippen LogP contribution in [0.15, 0.2) is 0 Å². The predicted molar refractivity (Wildman–Crippen MR) is 41.2 cm³/mol. The maximum absolute atomic E-state index is 9.12. The Balaban J connectivity index is -0.000000107. The van der Waals surface area contributed by atoms with Crippen LogP contribution in [0.1, 0.15) is 0 Å². The van der Waals surface area contributed by atoms with Gasteiger partial charge in [-0.15, -0.1) is 12.4 Å². The van der Waals surface area contributed by atoms with E-state index in [0.29, 0.717) is 0 Å². The summed E-state index contributed by atoms with van der Waals surface area (Å²) in [4.78, 5) is 9.12. The number of hydrogen-bond acceptors (Lipinski definition) is 4. The summed E-state index contributed by atoms with van der Waals surface area (Å²) < 4.78 is 0. The number of carbonyl (C=O) groups is 1. The highest BCUT2D eigenvalue weighted by Crippen LogP contribution is 1.48. The number of carboxylic acid groups (broad SMARTS) is 1. The lowest BCUT2D eigenvalue weighted by Crippen LogP contribution is -2.35. The first kappa shape index (κ1) is 16.5. The van der Waals surface area contributed by atoms with E-state index in [1.807, 2.05) is 5.43 Å². The topological polar surface area (TPSA) is 145 Å². The minimum atomic E-state index is -1.19. The average molecular weight is 187 g/mol. The smallest absolute Gasteiger partial charge is 0.329 e. The third-order valence-corrected chi connectivity index (χ3v) is 0.291. The van der Waals surface area contributed by atoms with Crippen LogP contribution < -0.4 is 17.0 Å². The Morgan fingerprint density at radius 2 is 1.82 bits per heavy atom. The van der Waals surface area contributed by atoms with Crippen molar-refractivity contribution in [1.29, 1.82) is 5.41 Å². The second-order valence-corrected chi connectivity index (χ2v) is 1.11. The maximum Gasteiger partial charge on any atom is 0.329 e. The number of aliphatic hydroxyl groups excluding tert-OH is 1. The van der Waals surface area contributed by atoms with Gasteiger partial charge >= 0.3 is 5.97 Å². The van der Waals surface area contributed by atoms with Crippen LogP contribution in [-0.4, -0.2) is 28.7 Å². The lowest BCUT2D eigenvalue weighted by atomic mass is 10.8. The number of aliphatic hydroxyl groups is 1. The lowest BCUT2D eigenvalue weighted by Gasteiger charge is -1.85. The monoisotopic (exact) mass is 186 g/mol. The second kappa shape index (κ2) is 11.7. The number of hydrazine groups is 1. The lowest BCUT2D eigenvalue weighted by molar-refractivity contribution is -0.140. The van der Waals surface area contributed by atoms with Crippen molar-refractivity contribution in [2.24, 2.45) is 11.6 Å². The van der Waals surface area contributed by atoms with Crippen LogP contribution >= 0.6 is 12.4 Å². The second-order valence-electron chi connectivity index (χ2n) is 1.11. The molecule has 0 saturated carbocycles. The number of carboxylic acids is 1. The Hall–Kier alpha value is -1.05. The van der Waals surface area contributed by atoms with E-state index >= 15 is 0 Å². The summed E-state index contributed by atoms with van der Waals surface area (Å²) in [6, 6.07) is 0. The van der Waals surface area contributed by atoms with Crippen molar-refractivity contribution in [3.8, 4) is 0 Å². The molecule has 0 aliphatic rings. The fraction of sp³-hybridized carbons (Fsp3) is 0.333. The molecule has 0 amide bonds. The fourth-order valence-electron chi connectivity index (χ4n) is 0. The van der Waals surface area contributed by atoms with Crippen LogP contribution in [0.2, 0.25) is 0 Å². The molecule has 0 spiro atoms. The van der Waals surface area contributed by atoms with Crippen molar-refractivity contribution in [2.45, 2.75) is 0 Å². The third kappa shape index (κ3) is 49.7. The molecule has 0 aromatic heterocycles. The van der Waals surface area contributed by atoms with Crippen LogP contribution in [0.25, 0.3) is 0 Å². The number of hydrogen-bond donors (Lipinski definition) is 6. The highest BCUT2D eigenvalue weighted by atomic mass is 35.5. The van der Waals surface area contributed by atoms with Gasteiger partial charge in [-0.25, -0.2) is 10.6 Å². The van der Waals surface area contributed by atoms with Gasteiger partial charge in [-0.3, -0.25) is 10.8 Å². The standard InChI is InChI=1S/C2H4O3.CH6N4.ClH/c3-1-2(4)5;2-1(3)5-4;/h3H,1H2,(H,4,5);4H2,(H4,2,3,5);1H. The summed E-state index contributed by atoms with van der Waals surface area (Å²) in [5.41, 5.74) is 6.53. The van der Waals surface area contributed by atoms with E-state index in [1.54, 1.807) is 0 Å². The first-order valence-corrected chi connectivity index (χ1v) is 2.17. The number of nitrogens with one attached hydrogen (secondary N) is 2. The van der Waals surface area contributed by atoms with Gasteiger partial charge in [0.2, 0.25) is 0 Å². The first-order chi connectivity index (χ1) is 4.54. The summed E-state index contributed by atoms with van der Waals surface area (Å²) in [7, 11) is 0. The number of aliphatic carboxylic acids is 1. The zero-order chi connectivity index (χ0) is 8.57. The molecule has 8 heteroatoms. The van der Waals surface area contributed by atoms with E-state index < -0.39 is 12.6 Å². The van der Waals surface area contributed by atoms with E-state index in [1.165, 1.54) is 0 Å². The summed E-state index contributed by atoms with van der Waals surface area (Å²) >= 11 is 0. The molecule has 0 fully saturated rings. The van der Waals surface area contributed by atoms with Gasteiger partial charge in [0.1, 0.15) is 6.61 Å². The van der Waals surface area contributed by atoms with Gasteiger partial charge in [-0.2, -0.15) is 0 Å². The minimum absolute atomic E-state index is 0. The van der Waals surface area contributed by atoms with Crippen molar-refractivity contribution in [2.75, 3.05) is 6.61 Å². The summed E-state index contributed by atoms with van der Waals surface area (Å²) in [5, 5.41) is 21.3. The number of halogens is 1. The molecule has 0 rings (SSSR count). The largest absolute Gasteiger partial charge is 0.480 e. The Bertz CT molecular complexity index is 105.